The van der Waals surface area contributed by atoms with E-state index in [2.05, 4.69) is 20.4 Å². The fraction of sp³-hybridized carbons (Fsp3) is 0.188. The predicted octanol–water partition coefficient (Wildman–Crippen LogP) is 2.10. The smallest absolute Gasteiger partial charge is 0.267 e. The minimum atomic E-state index is -0.201. The Morgan fingerprint density at radius 2 is 1.96 bits per heavy atom. The minimum absolute atomic E-state index is 0.201. The number of aromatic nitrogens is 6. The lowest BCUT2D eigenvalue weighted by Crippen LogP contribution is -2.24. The number of rotatable bonds is 3. The topological polar surface area (TPSA) is 78.5 Å². The van der Waals surface area contributed by atoms with E-state index in [9.17, 15) is 4.79 Å². The molecule has 0 bridgehead atoms. The van der Waals surface area contributed by atoms with Crippen LogP contribution in [0.1, 0.15) is 15.6 Å². The van der Waals surface area contributed by atoms with Gasteiger partial charge in [-0.05, 0) is 26.0 Å². The monoisotopic (exact) mass is 338 g/mol. The Bertz CT molecular complexity index is 1080. The molecular weight excluding hydrogens is 324 g/mol. The highest BCUT2D eigenvalue weighted by Gasteiger charge is 2.14. The number of fused-ring (bicyclic) bond motifs is 1. The molecule has 0 aliphatic heterocycles. The van der Waals surface area contributed by atoms with Crippen molar-refractivity contribution < 1.29 is 0 Å². The molecule has 3 heterocycles. The van der Waals surface area contributed by atoms with Crippen LogP contribution < -0.4 is 5.56 Å². The molecule has 0 fully saturated rings. The van der Waals surface area contributed by atoms with Gasteiger partial charge in [0.15, 0.2) is 5.65 Å². The van der Waals surface area contributed by atoms with Crippen molar-refractivity contribution in [1.82, 2.24) is 29.8 Å². The standard InChI is InChI=1S/C16H14N6OS/c1-10-14(24-11(2)18-10)9-21-16(23)13-8-17-22(15(13)19-20-21)12-6-4-3-5-7-12/h3-8H,9H2,1-2H3. The molecule has 0 amide bonds. The first kappa shape index (κ1) is 14.7. The van der Waals surface area contributed by atoms with E-state index < -0.39 is 0 Å². The average Bonchev–Trinajstić information content (AvgIpc) is 3.14. The Morgan fingerprint density at radius 1 is 1.17 bits per heavy atom. The first-order valence-corrected chi connectivity index (χ1v) is 8.25. The summed E-state index contributed by atoms with van der Waals surface area (Å²) in [5, 5.41) is 14.0. The summed E-state index contributed by atoms with van der Waals surface area (Å²) in [7, 11) is 0. The molecule has 0 unspecified atom stereocenters. The fourth-order valence-corrected chi connectivity index (χ4v) is 3.50. The van der Waals surface area contributed by atoms with Gasteiger partial charge in [0.05, 0.1) is 29.1 Å². The molecule has 0 saturated heterocycles. The van der Waals surface area contributed by atoms with Crippen molar-refractivity contribution >= 4 is 22.4 Å². The van der Waals surface area contributed by atoms with Gasteiger partial charge in [-0.25, -0.2) is 14.3 Å². The summed E-state index contributed by atoms with van der Waals surface area (Å²) in [5.41, 5.74) is 2.02. The fourth-order valence-electron chi connectivity index (χ4n) is 2.58. The van der Waals surface area contributed by atoms with Crippen molar-refractivity contribution in [2.24, 2.45) is 0 Å². The molecule has 7 nitrogen and oxygen atoms in total. The first-order valence-electron chi connectivity index (χ1n) is 7.43. The van der Waals surface area contributed by atoms with Gasteiger partial charge in [-0.3, -0.25) is 4.79 Å². The van der Waals surface area contributed by atoms with Crippen LogP contribution in [0.4, 0.5) is 0 Å². The van der Waals surface area contributed by atoms with E-state index in [1.807, 2.05) is 44.2 Å². The molecule has 0 spiro atoms. The van der Waals surface area contributed by atoms with Gasteiger partial charge in [-0.2, -0.15) is 5.10 Å². The number of hydrogen-bond donors (Lipinski definition) is 0. The predicted molar refractivity (Wildman–Crippen MR) is 91.6 cm³/mol. The lowest BCUT2D eigenvalue weighted by molar-refractivity contribution is 0.600. The molecule has 4 rings (SSSR count). The van der Waals surface area contributed by atoms with Crippen molar-refractivity contribution in [3.8, 4) is 5.69 Å². The van der Waals surface area contributed by atoms with E-state index in [0.29, 0.717) is 17.6 Å². The van der Waals surface area contributed by atoms with E-state index >= 15 is 0 Å². The quantitative estimate of drug-likeness (QED) is 0.571. The van der Waals surface area contributed by atoms with E-state index in [1.165, 1.54) is 4.68 Å². The third-order valence-corrected chi connectivity index (χ3v) is 4.81. The first-order chi connectivity index (χ1) is 11.6. The van der Waals surface area contributed by atoms with Gasteiger partial charge in [0.1, 0.15) is 5.39 Å². The maximum absolute atomic E-state index is 12.7. The number of hydrogen-bond acceptors (Lipinski definition) is 6. The second-order valence-corrected chi connectivity index (χ2v) is 6.71. The van der Waals surface area contributed by atoms with E-state index in [4.69, 9.17) is 0 Å². The van der Waals surface area contributed by atoms with Gasteiger partial charge in [-0.1, -0.05) is 23.4 Å². The molecule has 0 saturated carbocycles. The Morgan fingerprint density at radius 3 is 2.67 bits per heavy atom. The summed E-state index contributed by atoms with van der Waals surface area (Å²) in [6.45, 7) is 4.25. The van der Waals surface area contributed by atoms with Crippen molar-refractivity contribution in [2.45, 2.75) is 20.4 Å². The zero-order chi connectivity index (χ0) is 16.7. The summed E-state index contributed by atoms with van der Waals surface area (Å²) in [6, 6.07) is 9.55. The highest BCUT2D eigenvalue weighted by Crippen LogP contribution is 2.18. The number of thiazole rings is 1. The molecule has 3 aromatic heterocycles. The van der Waals surface area contributed by atoms with Crippen LogP contribution in [0, 0.1) is 13.8 Å². The molecule has 1 aromatic carbocycles. The third-order valence-electron chi connectivity index (χ3n) is 3.75. The zero-order valence-electron chi connectivity index (χ0n) is 13.2. The Kier molecular flexibility index (Phi) is 3.46. The minimum Gasteiger partial charge on any atom is -0.267 e. The van der Waals surface area contributed by atoms with Crippen molar-refractivity contribution in [3.63, 3.8) is 0 Å². The molecular formula is C16H14N6OS. The molecule has 4 aromatic rings. The normalized spacial score (nSPS) is 11.2. The van der Waals surface area contributed by atoms with Gasteiger partial charge < -0.3 is 0 Å². The van der Waals surface area contributed by atoms with E-state index in [0.717, 1.165) is 21.3 Å². The summed E-state index contributed by atoms with van der Waals surface area (Å²) < 4.78 is 2.98. The van der Waals surface area contributed by atoms with Crippen LogP contribution in [0.2, 0.25) is 0 Å². The van der Waals surface area contributed by atoms with Crippen LogP contribution >= 0.6 is 11.3 Å². The van der Waals surface area contributed by atoms with E-state index in [-0.39, 0.29) is 5.56 Å². The number of benzene rings is 1. The summed E-state index contributed by atoms with van der Waals surface area (Å²) in [5.74, 6) is 0. The second-order valence-electron chi connectivity index (χ2n) is 5.42. The molecule has 0 N–H and O–H groups in total. The van der Waals surface area contributed by atoms with Gasteiger partial charge in [0.2, 0.25) is 0 Å². The molecule has 0 radical (unpaired) electrons. The van der Waals surface area contributed by atoms with Gasteiger partial charge in [-0.15, -0.1) is 16.4 Å². The van der Waals surface area contributed by atoms with Gasteiger partial charge in [0, 0.05) is 4.88 Å². The maximum Gasteiger partial charge on any atom is 0.281 e. The summed E-state index contributed by atoms with van der Waals surface area (Å²) >= 11 is 1.57. The molecule has 0 aliphatic carbocycles. The molecule has 24 heavy (non-hydrogen) atoms. The van der Waals surface area contributed by atoms with Crippen LogP contribution in [0.15, 0.2) is 41.3 Å². The molecule has 120 valence electrons. The third kappa shape index (κ3) is 2.41. The average molecular weight is 338 g/mol. The largest absolute Gasteiger partial charge is 0.281 e. The summed E-state index contributed by atoms with van der Waals surface area (Å²) in [4.78, 5) is 18.1. The van der Waals surface area contributed by atoms with E-state index in [1.54, 1.807) is 22.2 Å². The van der Waals surface area contributed by atoms with Crippen LogP contribution in [0.3, 0.4) is 0 Å². The van der Waals surface area contributed by atoms with Crippen LogP contribution in [-0.2, 0) is 6.54 Å². The van der Waals surface area contributed by atoms with Gasteiger partial charge >= 0.3 is 0 Å². The number of para-hydroxylation sites is 1. The lowest BCUT2D eigenvalue weighted by Gasteiger charge is -2.04. The highest BCUT2D eigenvalue weighted by atomic mass is 32.1. The van der Waals surface area contributed by atoms with Crippen LogP contribution in [0.25, 0.3) is 16.7 Å². The van der Waals surface area contributed by atoms with Crippen molar-refractivity contribution in [1.29, 1.82) is 0 Å². The Hall–Kier alpha value is -2.87. The Balaban J connectivity index is 1.80. The Labute approximate surface area is 141 Å². The molecule has 8 heteroatoms. The maximum atomic E-state index is 12.7. The van der Waals surface area contributed by atoms with Crippen LogP contribution in [0.5, 0.6) is 0 Å². The van der Waals surface area contributed by atoms with Crippen LogP contribution in [-0.4, -0.2) is 29.8 Å². The van der Waals surface area contributed by atoms with Crippen molar-refractivity contribution in [3.05, 3.63) is 62.5 Å². The number of nitrogens with zero attached hydrogens (tertiary/aromatic N) is 6. The highest BCUT2D eigenvalue weighted by molar-refractivity contribution is 7.11. The molecule has 0 atom stereocenters. The second kappa shape index (κ2) is 5.64. The zero-order valence-corrected chi connectivity index (χ0v) is 14.0. The van der Waals surface area contributed by atoms with Crippen molar-refractivity contribution in [2.75, 3.05) is 0 Å². The SMILES string of the molecule is Cc1nc(C)c(Cn2nnc3c(cnn3-c3ccccc3)c2=O)s1. The van der Waals surface area contributed by atoms with Gasteiger partial charge in [0.25, 0.3) is 5.56 Å². The number of aryl methyl sites for hydroxylation is 2. The molecule has 0 aliphatic rings. The lowest BCUT2D eigenvalue weighted by atomic mass is 10.3. The summed E-state index contributed by atoms with van der Waals surface area (Å²) in [6.07, 6.45) is 1.54.